The Morgan fingerprint density at radius 1 is 1.36 bits per heavy atom. The monoisotopic (exact) mass is 175 g/mol. The molecule has 0 saturated heterocycles. The van der Waals surface area contributed by atoms with E-state index in [2.05, 4.69) is 0 Å². The topological polar surface area (TPSA) is 20.3 Å². The standard InChI is InChI=1S/C8H17NOS/c1-4-9(5-2)8(10)6-7-11-3/h4-7H2,1-3H3. The maximum absolute atomic E-state index is 11.3. The minimum Gasteiger partial charge on any atom is -0.343 e. The lowest BCUT2D eigenvalue weighted by atomic mass is 10.4. The molecule has 0 aromatic heterocycles. The van der Waals surface area contributed by atoms with Crippen LogP contribution in [0.15, 0.2) is 0 Å². The van der Waals surface area contributed by atoms with E-state index in [9.17, 15) is 4.79 Å². The van der Waals surface area contributed by atoms with E-state index in [1.54, 1.807) is 11.8 Å². The van der Waals surface area contributed by atoms with Gasteiger partial charge in [0.2, 0.25) is 5.91 Å². The third-order valence-corrected chi connectivity index (χ3v) is 2.25. The van der Waals surface area contributed by atoms with Crippen LogP contribution in [0.3, 0.4) is 0 Å². The van der Waals surface area contributed by atoms with Crippen LogP contribution in [0.2, 0.25) is 0 Å². The molecule has 11 heavy (non-hydrogen) atoms. The van der Waals surface area contributed by atoms with Crippen LogP contribution in [0.1, 0.15) is 20.3 Å². The van der Waals surface area contributed by atoms with Gasteiger partial charge in [-0.1, -0.05) is 0 Å². The second kappa shape index (κ2) is 6.53. The summed E-state index contributed by atoms with van der Waals surface area (Å²) in [6.07, 6.45) is 2.71. The van der Waals surface area contributed by atoms with Gasteiger partial charge in [-0.3, -0.25) is 4.79 Å². The molecule has 3 heteroatoms. The van der Waals surface area contributed by atoms with Crippen molar-refractivity contribution < 1.29 is 4.79 Å². The molecule has 0 rings (SSSR count). The van der Waals surface area contributed by atoms with E-state index >= 15 is 0 Å². The molecule has 0 spiro atoms. The fraction of sp³-hybridized carbons (Fsp3) is 0.875. The molecule has 0 aromatic carbocycles. The van der Waals surface area contributed by atoms with Crippen molar-refractivity contribution in [3.05, 3.63) is 0 Å². The first kappa shape index (κ1) is 10.8. The zero-order valence-corrected chi connectivity index (χ0v) is 8.41. The molecule has 2 nitrogen and oxygen atoms in total. The van der Waals surface area contributed by atoms with Crippen LogP contribution in [0.25, 0.3) is 0 Å². The summed E-state index contributed by atoms with van der Waals surface area (Å²) in [6.45, 7) is 5.70. The molecule has 0 unspecified atom stereocenters. The largest absolute Gasteiger partial charge is 0.343 e. The number of hydrogen-bond donors (Lipinski definition) is 0. The van der Waals surface area contributed by atoms with Crippen molar-refractivity contribution in [1.29, 1.82) is 0 Å². The number of hydrogen-bond acceptors (Lipinski definition) is 2. The fourth-order valence-electron chi connectivity index (χ4n) is 0.924. The Kier molecular flexibility index (Phi) is 6.42. The Bertz CT molecular complexity index is 113. The first-order valence-corrected chi connectivity index (χ1v) is 5.42. The van der Waals surface area contributed by atoms with Crippen molar-refractivity contribution >= 4 is 17.7 Å². The summed E-state index contributed by atoms with van der Waals surface area (Å²) in [5.74, 6) is 1.22. The lowest BCUT2D eigenvalue weighted by Gasteiger charge is -2.17. The molecule has 66 valence electrons. The Hall–Kier alpha value is -0.180. The highest BCUT2D eigenvalue weighted by atomic mass is 32.2. The second-order valence-electron chi connectivity index (χ2n) is 2.31. The first-order valence-electron chi connectivity index (χ1n) is 4.02. The Labute approximate surface area is 73.3 Å². The molecule has 0 aliphatic rings. The van der Waals surface area contributed by atoms with Crippen molar-refractivity contribution in [1.82, 2.24) is 4.90 Å². The third-order valence-electron chi connectivity index (χ3n) is 1.64. The Morgan fingerprint density at radius 2 is 1.91 bits per heavy atom. The van der Waals surface area contributed by atoms with Gasteiger partial charge in [-0.25, -0.2) is 0 Å². The molecule has 1 amide bonds. The van der Waals surface area contributed by atoms with Gasteiger partial charge in [-0.15, -0.1) is 0 Å². The van der Waals surface area contributed by atoms with Gasteiger partial charge in [0.25, 0.3) is 0 Å². The van der Waals surface area contributed by atoms with E-state index in [0.29, 0.717) is 6.42 Å². The number of carbonyl (C=O) groups excluding carboxylic acids is 1. The van der Waals surface area contributed by atoms with E-state index in [4.69, 9.17) is 0 Å². The highest BCUT2D eigenvalue weighted by molar-refractivity contribution is 7.98. The van der Waals surface area contributed by atoms with Gasteiger partial charge in [0, 0.05) is 25.3 Å². The number of carbonyl (C=O) groups is 1. The molecule has 0 N–H and O–H groups in total. The molecule has 0 bridgehead atoms. The van der Waals surface area contributed by atoms with Crippen molar-refractivity contribution in [2.24, 2.45) is 0 Å². The fourth-order valence-corrected chi connectivity index (χ4v) is 1.30. The summed E-state index contributed by atoms with van der Waals surface area (Å²) in [7, 11) is 0. The zero-order valence-electron chi connectivity index (χ0n) is 7.59. The van der Waals surface area contributed by atoms with Crippen molar-refractivity contribution in [2.75, 3.05) is 25.1 Å². The lowest BCUT2D eigenvalue weighted by molar-refractivity contribution is -0.130. The summed E-state index contributed by atoms with van der Waals surface area (Å²) in [5, 5.41) is 0. The zero-order chi connectivity index (χ0) is 8.69. The molecular weight excluding hydrogens is 158 g/mol. The Morgan fingerprint density at radius 3 is 2.27 bits per heavy atom. The minimum absolute atomic E-state index is 0.282. The number of rotatable bonds is 5. The third kappa shape index (κ3) is 4.30. The maximum atomic E-state index is 11.3. The van der Waals surface area contributed by atoms with Gasteiger partial charge in [-0.05, 0) is 20.1 Å². The van der Waals surface area contributed by atoms with E-state index in [1.807, 2.05) is 25.0 Å². The average Bonchev–Trinajstić information content (AvgIpc) is 2.03. The summed E-state index contributed by atoms with van der Waals surface area (Å²) >= 11 is 1.72. The molecule has 0 atom stereocenters. The van der Waals surface area contributed by atoms with Crippen molar-refractivity contribution in [3.8, 4) is 0 Å². The highest BCUT2D eigenvalue weighted by Gasteiger charge is 2.07. The first-order chi connectivity index (χ1) is 5.26. The summed E-state index contributed by atoms with van der Waals surface area (Å²) < 4.78 is 0. The average molecular weight is 175 g/mol. The number of amides is 1. The van der Waals surface area contributed by atoms with Crippen LogP contribution in [-0.4, -0.2) is 35.9 Å². The summed E-state index contributed by atoms with van der Waals surface area (Å²) in [6, 6.07) is 0. The van der Waals surface area contributed by atoms with Crippen LogP contribution in [0, 0.1) is 0 Å². The van der Waals surface area contributed by atoms with Crippen LogP contribution in [-0.2, 0) is 4.79 Å². The van der Waals surface area contributed by atoms with E-state index < -0.39 is 0 Å². The quantitative estimate of drug-likeness (QED) is 0.632. The maximum Gasteiger partial charge on any atom is 0.223 e. The second-order valence-corrected chi connectivity index (χ2v) is 3.29. The van der Waals surface area contributed by atoms with Gasteiger partial charge in [0.1, 0.15) is 0 Å². The van der Waals surface area contributed by atoms with Gasteiger partial charge in [0.15, 0.2) is 0 Å². The minimum atomic E-state index is 0.282. The molecule has 0 aliphatic heterocycles. The summed E-state index contributed by atoms with van der Waals surface area (Å²) in [4.78, 5) is 13.1. The molecule has 0 radical (unpaired) electrons. The van der Waals surface area contributed by atoms with Gasteiger partial charge in [0.05, 0.1) is 0 Å². The Balaban J connectivity index is 3.61. The molecule has 0 aromatic rings. The predicted molar refractivity (Wildman–Crippen MR) is 50.9 cm³/mol. The van der Waals surface area contributed by atoms with Gasteiger partial charge >= 0.3 is 0 Å². The lowest BCUT2D eigenvalue weighted by Crippen LogP contribution is -2.30. The van der Waals surface area contributed by atoms with E-state index in [-0.39, 0.29) is 5.91 Å². The normalized spacial score (nSPS) is 9.73. The van der Waals surface area contributed by atoms with E-state index in [1.165, 1.54) is 0 Å². The van der Waals surface area contributed by atoms with Crippen LogP contribution in [0.4, 0.5) is 0 Å². The molecule has 0 saturated carbocycles. The molecule has 0 aliphatic carbocycles. The molecule has 0 fully saturated rings. The SMILES string of the molecule is CCN(CC)C(=O)CCSC. The smallest absolute Gasteiger partial charge is 0.223 e. The van der Waals surface area contributed by atoms with Crippen LogP contribution in [0.5, 0.6) is 0 Å². The highest BCUT2D eigenvalue weighted by Crippen LogP contribution is 1.99. The number of nitrogens with zero attached hydrogens (tertiary/aromatic N) is 1. The molecule has 0 heterocycles. The molecular formula is C8H17NOS. The predicted octanol–water partition coefficient (Wildman–Crippen LogP) is 1.61. The van der Waals surface area contributed by atoms with E-state index in [0.717, 1.165) is 18.8 Å². The van der Waals surface area contributed by atoms with Crippen LogP contribution < -0.4 is 0 Å². The van der Waals surface area contributed by atoms with Crippen molar-refractivity contribution in [2.45, 2.75) is 20.3 Å². The van der Waals surface area contributed by atoms with Gasteiger partial charge < -0.3 is 4.90 Å². The number of thioether (sulfide) groups is 1. The van der Waals surface area contributed by atoms with Crippen molar-refractivity contribution in [3.63, 3.8) is 0 Å². The van der Waals surface area contributed by atoms with Gasteiger partial charge in [-0.2, -0.15) is 11.8 Å². The van der Waals surface area contributed by atoms with Crippen LogP contribution >= 0.6 is 11.8 Å². The summed E-state index contributed by atoms with van der Waals surface area (Å²) in [5.41, 5.74) is 0.